The molecule has 0 aromatic rings. The largest absolute Gasteiger partial charge is 0.472 e. The number of rotatable bonds is 40. The first-order valence-electron chi connectivity index (χ1n) is 21.8. The van der Waals surface area contributed by atoms with Gasteiger partial charge in [-0.1, -0.05) is 152 Å². The Hall–Kier alpha value is -2.29. The van der Waals surface area contributed by atoms with Crippen molar-refractivity contribution in [1.29, 1.82) is 0 Å². The summed E-state index contributed by atoms with van der Waals surface area (Å²) in [5, 5.41) is 0. The van der Waals surface area contributed by atoms with Gasteiger partial charge >= 0.3 is 19.8 Å². The predicted octanol–water partition coefficient (Wildman–Crippen LogP) is 12.5. The van der Waals surface area contributed by atoms with Crippen molar-refractivity contribution in [2.24, 2.45) is 5.73 Å². The van der Waals surface area contributed by atoms with Crippen LogP contribution in [0.15, 0.2) is 60.8 Å². The molecule has 0 aromatic carbocycles. The Labute approximate surface area is 336 Å². The number of hydrogen-bond acceptors (Lipinski definition) is 8. The molecule has 0 spiro atoms. The van der Waals surface area contributed by atoms with E-state index in [9.17, 15) is 19.0 Å². The van der Waals surface area contributed by atoms with Gasteiger partial charge in [0.1, 0.15) is 6.61 Å². The van der Waals surface area contributed by atoms with Crippen LogP contribution in [0.5, 0.6) is 0 Å². The minimum absolute atomic E-state index is 0.0485. The third kappa shape index (κ3) is 41.2. The standard InChI is InChI=1S/C45H80NO8P/c1-3-5-7-9-11-13-15-17-18-19-20-21-22-23-24-26-28-30-32-34-36-38-45(48)54-43(42-53-55(49,50)52-40-39-46)41-51-44(47)37-35-33-31-29-27-25-16-14-12-10-8-6-4-2/h5,7,11,13-14,16-18,20-21,43H,3-4,6,8-10,12,15,19,22-42,46H2,1-2H3,(H,49,50)/b7-5-,13-11-,16-14-,18-17-,21-20-. The first-order valence-corrected chi connectivity index (χ1v) is 23.3. The van der Waals surface area contributed by atoms with E-state index >= 15 is 0 Å². The molecule has 0 rings (SSSR count). The third-order valence-electron chi connectivity index (χ3n) is 8.89. The molecule has 55 heavy (non-hydrogen) atoms. The highest BCUT2D eigenvalue weighted by Gasteiger charge is 2.26. The number of phosphoric acid groups is 1. The van der Waals surface area contributed by atoms with Crippen LogP contribution >= 0.6 is 7.82 Å². The summed E-state index contributed by atoms with van der Waals surface area (Å²) >= 11 is 0. The van der Waals surface area contributed by atoms with E-state index in [1.54, 1.807) is 0 Å². The van der Waals surface area contributed by atoms with E-state index in [2.05, 4.69) is 74.6 Å². The Morgan fingerprint density at radius 3 is 1.51 bits per heavy atom. The molecule has 0 amide bonds. The molecule has 0 bridgehead atoms. The summed E-state index contributed by atoms with van der Waals surface area (Å²) in [6.07, 6.45) is 48.2. The molecule has 2 atom stereocenters. The normalized spacial score (nSPS) is 13.9. The Balaban J connectivity index is 4.16. The second-order valence-electron chi connectivity index (χ2n) is 14.2. The number of ether oxygens (including phenoxy) is 2. The maximum absolute atomic E-state index is 12.6. The fraction of sp³-hybridized carbons (Fsp3) is 0.733. The van der Waals surface area contributed by atoms with E-state index in [0.29, 0.717) is 6.42 Å². The Morgan fingerprint density at radius 1 is 0.564 bits per heavy atom. The molecule has 0 fully saturated rings. The smallest absolute Gasteiger partial charge is 0.462 e. The molecule has 0 aliphatic heterocycles. The minimum Gasteiger partial charge on any atom is -0.462 e. The molecule has 10 heteroatoms. The van der Waals surface area contributed by atoms with Crippen LogP contribution in [0, 0.1) is 0 Å². The molecule has 0 saturated carbocycles. The Morgan fingerprint density at radius 2 is 1.00 bits per heavy atom. The predicted molar refractivity (Wildman–Crippen MR) is 229 cm³/mol. The molecular weight excluding hydrogens is 713 g/mol. The highest BCUT2D eigenvalue weighted by molar-refractivity contribution is 7.47. The van der Waals surface area contributed by atoms with E-state index in [1.165, 1.54) is 57.8 Å². The van der Waals surface area contributed by atoms with Crippen molar-refractivity contribution < 1.29 is 37.6 Å². The number of carbonyl (C=O) groups excluding carboxylic acids is 2. The van der Waals surface area contributed by atoms with Crippen LogP contribution in [0.1, 0.15) is 181 Å². The molecule has 9 nitrogen and oxygen atoms in total. The molecule has 0 aromatic heterocycles. The zero-order chi connectivity index (χ0) is 40.3. The van der Waals surface area contributed by atoms with Gasteiger partial charge in [-0.05, 0) is 77.0 Å². The molecule has 0 aliphatic carbocycles. The zero-order valence-electron chi connectivity index (χ0n) is 34.9. The van der Waals surface area contributed by atoms with Gasteiger partial charge in [0.15, 0.2) is 6.10 Å². The van der Waals surface area contributed by atoms with Gasteiger partial charge in [0.05, 0.1) is 13.2 Å². The first-order chi connectivity index (χ1) is 26.8. The monoisotopic (exact) mass is 794 g/mol. The molecule has 0 saturated heterocycles. The summed E-state index contributed by atoms with van der Waals surface area (Å²) in [6.45, 7) is 3.58. The topological polar surface area (TPSA) is 134 Å². The van der Waals surface area contributed by atoms with Crippen LogP contribution in [-0.2, 0) is 32.7 Å². The summed E-state index contributed by atoms with van der Waals surface area (Å²) in [5.74, 6) is -0.851. The van der Waals surface area contributed by atoms with Crippen molar-refractivity contribution in [1.82, 2.24) is 0 Å². The molecule has 2 unspecified atom stereocenters. The van der Waals surface area contributed by atoms with Crippen molar-refractivity contribution in [2.75, 3.05) is 26.4 Å². The Bertz CT molecular complexity index is 1090. The molecule has 318 valence electrons. The van der Waals surface area contributed by atoms with Gasteiger partial charge in [-0.3, -0.25) is 18.6 Å². The summed E-state index contributed by atoms with van der Waals surface area (Å²) < 4.78 is 32.8. The van der Waals surface area contributed by atoms with Crippen LogP contribution in [0.3, 0.4) is 0 Å². The second kappa shape index (κ2) is 41.3. The van der Waals surface area contributed by atoms with Crippen molar-refractivity contribution in [2.45, 2.75) is 187 Å². The summed E-state index contributed by atoms with van der Waals surface area (Å²) in [5.41, 5.74) is 5.34. The van der Waals surface area contributed by atoms with Gasteiger partial charge in [-0.2, -0.15) is 0 Å². The van der Waals surface area contributed by atoms with Crippen molar-refractivity contribution in [3.8, 4) is 0 Å². The van der Waals surface area contributed by atoms with Crippen molar-refractivity contribution in [3.63, 3.8) is 0 Å². The third-order valence-corrected chi connectivity index (χ3v) is 9.87. The number of esters is 2. The van der Waals surface area contributed by atoms with E-state index in [1.807, 2.05) is 0 Å². The molecular formula is C45H80NO8P. The van der Waals surface area contributed by atoms with Gasteiger partial charge in [0.25, 0.3) is 0 Å². The fourth-order valence-electron chi connectivity index (χ4n) is 5.68. The lowest BCUT2D eigenvalue weighted by Gasteiger charge is -2.19. The van der Waals surface area contributed by atoms with Crippen LogP contribution in [0.2, 0.25) is 0 Å². The summed E-state index contributed by atoms with van der Waals surface area (Å²) in [7, 11) is -4.38. The highest BCUT2D eigenvalue weighted by atomic mass is 31.2. The Kier molecular flexibility index (Phi) is 39.6. The zero-order valence-corrected chi connectivity index (χ0v) is 35.8. The molecule has 0 radical (unpaired) electrons. The first kappa shape index (κ1) is 52.7. The van der Waals surface area contributed by atoms with Crippen molar-refractivity contribution in [3.05, 3.63) is 60.8 Å². The summed E-state index contributed by atoms with van der Waals surface area (Å²) in [4.78, 5) is 34.9. The van der Waals surface area contributed by atoms with Crippen LogP contribution < -0.4 is 5.73 Å². The van der Waals surface area contributed by atoms with Gasteiger partial charge in [-0.25, -0.2) is 4.57 Å². The lowest BCUT2D eigenvalue weighted by Crippen LogP contribution is -2.29. The number of carbonyl (C=O) groups is 2. The average molecular weight is 794 g/mol. The average Bonchev–Trinajstić information content (AvgIpc) is 3.17. The molecule has 3 N–H and O–H groups in total. The number of phosphoric ester groups is 1. The minimum atomic E-state index is -4.38. The van der Waals surface area contributed by atoms with Gasteiger partial charge < -0.3 is 20.1 Å². The van der Waals surface area contributed by atoms with Crippen LogP contribution in [0.25, 0.3) is 0 Å². The number of unbranched alkanes of at least 4 members (excludes halogenated alkanes) is 17. The SMILES string of the molecule is CC/C=C\C/C=C\C/C=C\C/C=C\CCCCCCCCCCC(=O)OC(COC(=O)CCCCCCC/C=C\CCCCCC)COP(=O)(O)OCCN. The maximum Gasteiger partial charge on any atom is 0.472 e. The van der Waals surface area contributed by atoms with Gasteiger partial charge in [0, 0.05) is 19.4 Å². The highest BCUT2D eigenvalue weighted by Crippen LogP contribution is 2.43. The lowest BCUT2D eigenvalue weighted by molar-refractivity contribution is -0.161. The van der Waals surface area contributed by atoms with E-state index in [0.717, 1.165) is 89.9 Å². The quantitative estimate of drug-likeness (QED) is 0.0269. The number of nitrogens with two attached hydrogens (primary N) is 1. The van der Waals surface area contributed by atoms with Gasteiger partial charge in [0.2, 0.25) is 0 Å². The maximum atomic E-state index is 12.6. The van der Waals surface area contributed by atoms with E-state index in [4.69, 9.17) is 24.3 Å². The fourth-order valence-corrected chi connectivity index (χ4v) is 6.44. The van der Waals surface area contributed by atoms with E-state index < -0.39 is 32.5 Å². The van der Waals surface area contributed by atoms with Crippen LogP contribution in [-0.4, -0.2) is 49.3 Å². The van der Waals surface area contributed by atoms with E-state index in [-0.39, 0.29) is 32.6 Å². The van der Waals surface area contributed by atoms with Gasteiger partial charge in [-0.15, -0.1) is 0 Å². The van der Waals surface area contributed by atoms with Crippen molar-refractivity contribution >= 4 is 19.8 Å². The van der Waals surface area contributed by atoms with Crippen LogP contribution in [0.4, 0.5) is 0 Å². The lowest BCUT2D eigenvalue weighted by atomic mass is 10.1. The molecule has 0 heterocycles. The molecule has 0 aliphatic rings. The number of hydrogen-bond donors (Lipinski definition) is 2. The second-order valence-corrected chi connectivity index (χ2v) is 15.6. The number of allylic oxidation sites excluding steroid dienone is 10. The summed E-state index contributed by atoms with van der Waals surface area (Å²) in [6, 6.07) is 0.